The van der Waals surface area contributed by atoms with Crippen LogP contribution in [-0.4, -0.2) is 28.8 Å². The summed E-state index contributed by atoms with van der Waals surface area (Å²) < 4.78 is 0. The number of aliphatic hydroxyl groups excluding tert-OH is 1. The van der Waals surface area contributed by atoms with Gasteiger partial charge in [-0.05, 0) is 24.3 Å². The molecule has 0 saturated heterocycles. The van der Waals surface area contributed by atoms with Crippen LogP contribution < -0.4 is 11.1 Å². The predicted octanol–water partition coefficient (Wildman–Crippen LogP) is 2.00. The van der Waals surface area contributed by atoms with Gasteiger partial charge in [-0.1, -0.05) is 48.3 Å². The fourth-order valence-electron chi connectivity index (χ4n) is 2.96. The number of nitrogens with two attached hydrogens (primary N) is 1. The third kappa shape index (κ3) is 4.72. The number of rotatable bonds is 6. The Balaban J connectivity index is 1.98. The number of amidine groups is 1. The largest absolute Gasteiger partial charge is 0.409 e. The highest BCUT2D eigenvalue weighted by atomic mass is 16.4. The maximum Gasteiger partial charge on any atom is 0.141 e. The number of hydrogen-bond donors (Lipinski definition) is 4. The third-order valence-electron chi connectivity index (χ3n) is 4.24. The standard InChI is InChI=1S/C16H25N3O2/c17-16(19-21)10-14(12-6-2-1-3-7-12)18-11-13-8-4-5-9-15(13)20/h1-3,6-7,13-15,18,20-21H,4-5,8-11H2,(H2,17,19). The number of benzene rings is 1. The van der Waals surface area contributed by atoms with Crippen LogP contribution in [0.2, 0.25) is 0 Å². The van der Waals surface area contributed by atoms with Crippen molar-refractivity contribution in [3.05, 3.63) is 35.9 Å². The van der Waals surface area contributed by atoms with Crippen molar-refractivity contribution in [2.24, 2.45) is 16.8 Å². The Hall–Kier alpha value is -1.59. The molecule has 2 rings (SSSR count). The summed E-state index contributed by atoms with van der Waals surface area (Å²) in [7, 11) is 0. The van der Waals surface area contributed by atoms with Gasteiger partial charge in [-0.25, -0.2) is 0 Å². The Kier molecular flexibility index (Phi) is 6.02. The van der Waals surface area contributed by atoms with Crippen LogP contribution in [0.3, 0.4) is 0 Å². The molecule has 0 amide bonds. The SMILES string of the molecule is NC(CC(NCC1CCCCC1O)c1ccccc1)=NO. The molecule has 5 N–H and O–H groups in total. The Labute approximate surface area is 125 Å². The molecule has 1 saturated carbocycles. The minimum Gasteiger partial charge on any atom is -0.409 e. The van der Waals surface area contributed by atoms with E-state index in [-0.39, 0.29) is 23.9 Å². The van der Waals surface area contributed by atoms with E-state index in [4.69, 9.17) is 10.9 Å². The lowest BCUT2D eigenvalue weighted by atomic mass is 9.86. The Morgan fingerprint density at radius 2 is 2.00 bits per heavy atom. The molecule has 1 aliphatic carbocycles. The van der Waals surface area contributed by atoms with Gasteiger partial charge in [0.2, 0.25) is 0 Å². The van der Waals surface area contributed by atoms with Gasteiger partial charge in [-0.2, -0.15) is 0 Å². The quantitative estimate of drug-likeness (QED) is 0.279. The van der Waals surface area contributed by atoms with Crippen LogP contribution in [0.5, 0.6) is 0 Å². The molecule has 5 heteroatoms. The molecule has 0 spiro atoms. The van der Waals surface area contributed by atoms with Crippen molar-refractivity contribution >= 4 is 5.84 Å². The fourth-order valence-corrected chi connectivity index (χ4v) is 2.96. The molecule has 3 atom stereocenters. The van der Waals surface area contributed by atoms with E-state index >= 15 is 0 Å². The van der Waals surface area contributed by atoms with E-state index in [1.54, 1.807) is 0 Å². The molecular weight excluding hydrogens is 266 g/mol. The fraction of sp³-hybridized carbons (Fsp3) is 0.562. The molecule has 0 aromatic heterocycles. The molecule has 0 heterocycles. The maximum absolute atomic E-state index is 10.1. The van der Waals surface area contributed by atoms with Crippen molar-refractivity contribution in [2.45, 2.75) is 44.2 Å². The lowest BCUT2D eigenvalue weighted by Gasteiger charge is -2.29. The zero-order valence-corrected chi connectivity index (χ0v) is 12.3. The van der Waals surface area contributed by atoms with Crippen molar-refractivity contribution in [1.29, 1.82) is 0 Å². The molecule has 116 valence electrons. The number of aliphatic hydroxyl groups is 1. The van der Waals surface area contributed by atoms with Gasteiger partial charge in [-0.15, -0.1) is 0 Å². The van der Waals surface area contributed by atoms with E-state index < -0.39 is 0 Å². The molecule has 0 radical (unpaired) electrons. The highest BCUT2D eigenvalue weighted by molar-refractivity contribution is 5.80. The number of nitrogens with one attached hydrogen (secondary N) is 1. The zero-order chi connectivity index (χ0) is 15.1. The highest BCUT2D eigenvalue weighted by Crippen LogP contribution is 2.25. The van der Waals surface area contributed by atoms with Crippen molar-refractivity contribution in [1.82, 2.24) is 5.32 Å². The Morgan fingerprint density at radius 1 is 1.29 bits per heavy atom. The van der Waals surface area contributed by atoms with E-state index in [0.29, 0.717) is 6.42 Å². The summed E-state index contributed by atoms with van der Waals surface area (Å²) >= 11 is 0. The van der Waals surface area contributed by atoms with Gasteiger partial charge in [0, 0.05) is 19.0 Å². The van der Waals surface area contributed by atoms with E-state index in [1.807, 2.05) is 30.3 Å². The predicted molar refractivity (Wildman–Crippen MR) is 83.2 cm³/mol. The summed E-state index contributed by atoms with van der Waals surface area (Å²) in [4.78, 5) is 0. The van der Waals surface area contributed by atoms with Gasteiger partial charge in [0.05, 0.1) is 6.10 Å². The van der Waals surface area contributed by atoms with E-state index in [2.05, 4.69) is 10.5 Å². The summed E-state index contributed by atoms with van der Waals surface area (Å²) in [5.41, 5.74) is 6.76. The van der Waals surface area contributed by atoms with Gasteiger partial charge in [0.15, 0.2) is 0 Å². The van der Waals surface area contributed by atoms with Crippen molar-refractivity contribution in [2.75, 3.05) is 6.54 Å². The van der Waals surface area contributed by atoms with E-state index in [1.165, 1.54) is 6.42 Å². The van der Waals surface area contributed by atoms with Crippen LogP contribution >= 0.6 is 0 Å². The third-order valence-corrected chi connectivity index (χ3v) is 4.24. The summed E-state index contributed by atoms with van der Waals surface area (Å²) in [6.45, 7) is 0.749. The molecule has 3 unspecified atom stereocenters. The van der Waals surface area contributed by atoms with Crippen molar-refractivity contribution < 1.29 is 10.3 Å². The van der Waals surface area contributed by atoms with Gasteiger partial charge in [0.1, 0.15) is 5.84 Å². The molecule has 5 nitrogen and oxygen atoms in total. The topological polar surface area (TPSA) is 90.9 Å². The first-order valence-electron chi connectivity index (χ1n) is 7.63. The Bertz CT molecular complexity index is 450. The molecule has 0 bridgehead atoms. The molecule has 1 aromatic rings. The van der Waals surface area contributed by atoms with Crippen molar-refractivity contribution in [3.63, 3.8) is 0 Å². The molecular formula is C16H25N3O2. The van der Waals surface area contributed by atoms with Gasteiger partial charge in [0.25, 0.3) is 0 Å². The molecule has 0 aliphatic heterocycles. The average molecular weight is 291 g/mol. The zero-order valence-electron chi connectivity index (χ0n) is 12.3. The van der Waals surface area contributed by atoms with Crippen molar-refractivity contribution in [3.8, 4) is 0 Å². The van der Waals surface area contributed by atoms with Crippen LogP contribution in [0.25, 0.3) is 0 Å². The number of hydrogen-bond acceptors (Lipinski definition) is 4. The smallest absolute Gasteiger partial charge is 0.141 e. The normalized spacial score (nSPS) is 24.7. The monoisotopic (exact) mass is 291 g/mol. The van der Waals surface area contributed by atoms with Crippen LogP contribution in [0.15, 0.2) is 35.5 Å². The second kappa shape index (κ2) is 8.00. The summed E-state index contributed by atoms with van der Waals surface area (Å²) in [5, 5.41) is 25.4. The highest BCUT2D eigenvalue weighted by Gasteiger charge is 2.24. The van der Waals surface area contributed by atoms with Gasteiger partial charge < -0.3 is 21.4 Å². The van der Waals surface area contributed by atoms with Crippen LogP contribution in [0.4, 0.5) is 0 Å². The first-order chi connectivity index (χ1) is 10.2. The first-order valence-corrected chi connectivity index (χ1v) is 7.63. The number of nitrogens with zero attached hydrogens (tertiary/aromatic N) is 1. The number of oxime groups is 1. The Morgan fingerprint density at radius 3 is 2.67 bits per heavy atom. The van der Waals surface area contributed by atoms with E-state index in [0.717, 1.165) is 31.4 Å². The second-order valence-electron chi connectivity index (χ2n) is 5.78. The van der Waals surface area contributed by atoms with Crippen LogP contribution in [0.1, 0.15) is 43.7 Å². The summed E-state index contributed by atoms with van der Waals surface area (Å²) in [6.07, 6.45) is 4.47. The molecule has 1 fully saturated rings. The van der Waals surface area contributed by atoms with Crippen LogP contribution in [-0.2, 0) is 0 Å². The minimum absolute atomic E-state index is 0.00349. The first kappa shape index (κ1) is 15.8. The lowest BCUT2D eigenvalue weighted by molar-refractivity contribution is 0.0682. The second-order valence-corrected chi connectivity index (χ2v) is 5.78. The van der Waals surface area contributed by atoms with Gasteiger partial charge in [-0.3, -0.25) is 0 Å². The van der Waals surface area contributed by atoms with Gasteiger partial charge >= 0.3 is 0 Å². The van der Waals surface area contributed by atoms with E-state index in [9.17, 15) is 5.11 Å². The minimum atomic E-state index is -0.216. The molecule has 1 aliphatic rings. The summed E-state index contributed by atoms with van der Waals surface area (Å²) in [6, 6.07) is 9.97. The maximum atomic E-state index is 10.1. The van der Waals surface area contributed by atoms with Crippen LogP contribution in [0, 0.1) is 5.92 Å². The summed E-state index contributed by atoms with van der Waals surface area (Å²) in [5.74, 6) is 0.498. The lowest BCUT2D eigenvalue weighted by Crippen LogP contribution is -2.36. The molecule has 21 heavy (non-hydrogen) atoms. The molecule has 1 aromatic carbocycles. The average Bonchev–Trinajstić information content (AvgIpc) is 2.53.